The molecule has 1 amide bonds. The van der Waals surface area contributed by atoms with Crippen molar-refractivity contribution < 1.29 is 13.9 Å². The van der Waals surface area contributed by atoms with Crippen LogP contribution in [-0.2, 0) is 23.0 Å². The van der Waals surface area contributed by atoms with Crippen LogP contribution < -0.4 is 16.4 Å². The van der Waals surface area contributed by atoms with E-state index in [1.54, 1.807) is 13.1 Å². The number of aryl methyl sites for hydroxylation is 1. The molecule has 2 atom stereocenters. The number of nitriles is 1. The van der Waals surface area contributed by atoms with Crippen molar-refractivity contribution in [1.82, 2.24) is 24.6 Å². The molecule has 5 rings (SSSR count). The summed E-state index contributed by atoms with van der Waals surface area (Å²) in [4.78, 5) is 30.6. The van der Waals surface area contributed by atoms with Crippen LogP contribution in [0.3, 0.4) is 0 Å². The molecule has 0 radical (unpaired) electrons. The van der Waals surface area contributed by atoms with Gasteiger partial charge in [-0.05, 0) is 31.2 Å². The highest BCUT2D eigenvalue weighted by atomic mass is 32.1. The predicted molar refractivity (Wildman–Crippen MR) is 122 cm³/mol. The lowest BCUT2D eigenvalue weighted by atomic mass is 10.1. The molecule has 0 aliphatic carbocycles. The Morgan fingerprint density at radius 2 is 2.33 bits per heavy atom. The molecular weight excluding hydrogens is 444 g/mol. The van der Waals surface area contributed by atoms with E-state index in [2.05, 4.69) is 21.7 Å². The Bertz CT molecular complexity index is 1380. The van der Waals surface area contributed by atoms with E-state index >= 15 is 0 Å². The number of rotatable bonds is 5. The van der Waals surface area contributed by atoms with Gasteiger partial charge in [-0.15, -0.1) is 11.3 Å². The Morgan fingerprint density at radius 3 is 3.15 bits per heavy atom. The summed E-state index contributed by atoms with van der Waals surface area (Å²) in [6.07, 6.45) is 4.48. The first-order valence-corrected chi connectivity index (χ1v) is 11.4. The van der Waals surface area contributed by atoms with Gasteiger partial charge in [0.05, 0.1) is 17.3 Å². The van der Waals surface area contributed by atoms with Gasteiger partial charge in [0.2, 0.25) is 0 Å². The van der Waals surface area contributed by atoms with Crippen LogP contribution in [0.15, 0.2) is 39.8 Å². The standard InChI is InChI=1S/C22H22N6O4S/c1-27-17-7-13(3-4-18(17)32-22(27)30)16-12-28-11-15(33-21(28)26-16)8-14(9-23)25-20(29)19-10-24-5-2-6-31-19/h3-4,7,11-12,14,19,24H,2,5-6,8,10H2,1H3,(H,25,29). The topological polar surface area (TPSA) is 127 Å². The van der Waals surface area contributed by atoms with Crippen LogP contribution in [0.4, 0.5) is 0 Å². The zero-order chi connectivity index (χ0) is 22.9. The second-order valence-electron chi connectivity index (χ2n) is 7.93. The highest BCUT2D eigenvalue weighted by Crippen LogP contribution is 2.27. The van der Waals surface area contributed by atoms with Crippen LogP contribution in [-0.4, -0.2) is 51.7 Å². The Balaban J connectivity index is 1.30. The number of benzene rings is 1. The van der Waals surface area contributed by atoms with Crippen molar-refractivity contribution in [1.29, 1.82) is 5.26 Å². The van der Waals surface area contributed by atoms with Crippen LogP contribution in [0.1, 0.15) is 11.3 Å². The molecule has 1 fully saturated rings. The van der Waals surface area contributed by atoms with Gasteiger partial charge in [0.15, 0.2) is 10.5 Å². The third-order valence-electron chi connectivity index (χ3n) is 5.61. The van der Waals surface area contributed by atoms with Crippen molar-refractivity contribution in [2.24, 2.45) is 7.05 Å². The van der Waals surface area contributed by atoms with Crippen molar-refractivity contribution >= 4 is 33.3 Å². The number of fused-ring (bicyclic) bond motifs is 2. The lowest BCUT2D eigenvalue weighted by Crippen LogP contribution is -2.46. The van der Waals surface area contributed by atoms with Crippen LogP contribution in [0.25, 0.3) is 27.3 Å². The minimum Gasteiger partial charge on any atom is -0.408 e. The van der Waals surface area contributed by atoms with E-state index in [9.17, 15) is 14.9 Å². The number of carbonyl (C=O) groups is 1. The summed E-state index contributed by atoms with van der Waals surface area (Å²) in [5.41, 5.74) is 2.88. The molecule has 3 aromatic heterocycles. The fraction of sp³-hybridized carbons (Fsp3) is 0.364. The lowest BCUT2D eigenvalue weighted by Gasteiger charge is -2.17. The number of thiazole rings is 1. The number of hydrogen-bond acceptors (Lipinski definition) is 8. The van der Waals surface area contributed by atoms with E-state index in [4.69, 9.17) is 9.15 Å². The van der Waals surface area contributed by atoms with Crippen molar-refractivity contribution in [2.75, 3.05) is 19.7 Å². The quantitative estimate of drug-likeness (QED) is 0.456. The molecule has 33 heavy (non-hydrogen) atoms. The van der Waals surface area contributed by atoms with Crippen molar-refractivity contribution in [3.05, 3.63) is 46.0 Å². The second-order valence-corrected chi connectivity index (χ2v) is 9.03. The highest BCUT2D eigenvalue weighted by Gasteiger charge is 2.24. The summed E-state index contributed by atoms with van der Waals surface area (Å²) in [6.45, 7) is 1.78. The fourth-order valence-corrected chi connectivity index (χ4v) is 4.85. The molecule has 170 valence electrons. The Hall–Kier alpha value is -3.46. The first-order valence-electron chi connectivity index (χ1n) is 10.6. The smallest absolute Gasteiger partial charge is 0.408 e. The van der Waals surface area contributed by atoms with Gasteiger partial charge < -0.3 is 19.8 Å². The summed E-state index contributed by atoms with van der Waals surface area (Å²) in [6, 6.07) is 7.01. The third kappa shape index (κ3) is 4.28. The minimum absolute atomic E-state index is 0.274. The number of amides is 1. The summed E-state index contributed by atoms with van der Waals surface area (Å²) in [5.74, 6) is -0.678. The molecule has 4 heterocycles. The zero-order valence-corrected chi connectivity index (χ0v) is 18.7. The molecule has 1 aliphatic rings. The molecule has 0 bridgehead atoms. The molecule has 1 saturated heterocycles. The number of imidazole rings is 1. The third-order valence-corrected chi connectivity index (χ3v) is 6.63. The van der Waals surface area contributed by atoms with Gasteiger partial charge in [0.1, 0.15) is 12.1 Å². The average molecular weight is 467 g/mol. The molecule has 1 aromatic carbocycles. The van der Waals surface area contributed by atoms with Gasteiger partial charge in [0, 0.05) is 49.5 Å². The number of nitrogens with one attached hydrogen (secondary N) is 2. The fourth-order valence-electron chi connectivity index (χ4n) is 3.84. The maximum absolute atomic E-state index is 12.5. The van der Waals surface area contributed by atoms with Gasteiger partial charge >= 0.3 is 5.76 Å². The number of oxazole rings is 1. The van der Waals surface area contributed by atoms with Gasteiger partial charge in [-0.3, -0.25) is 13.8 Å². The number of nitrogens with zero attached hydrogens (tertiary/aromatic N) is 4. The Kier molecular flexibility index (Phi) is 5.72. The van der Waals surface area contributed by atoms with E-state index < -0.39 is 17.9 Å². The van der Waals surface area contributed by atoms with Gasteiger partial charge in [-0.25, -0.2) is 9.78 Å². The molecule has 0 saturated carbocycles. The van der Waals surface area contributed by atoms with Gasteiger partial charge in [-0.2, -0.15) is 5.26 Å². The lowest BCUT2D eigenvalue weighted by molar-refractivity contribution is -0.132. The summed E-state index contributed by atoms with van der Waals surface area (Å²) in [5, 5.41) is 15.5. The van der Waals surface area contributed by atoms with Gasteiger partial charge in [0.25, 0.3) is 5.91 Å². The van der Waals surface area contributed by atoms with Gasteiger partial charge in [-0.1, -0.05) is 0 Å². The monoisotopic (exact) mass is 466 g/mol. The minimum atomic E-state index is -0.656. The largest absolute Gasteiger partial charge is 0.419 e. The number of aromatic nitrogens is 3. The Labute approximate surface area is 192 Å². The molecular formula is C22H22N6O4S. The van der Waals surface area contributed by atoms with E-state index in [1.807, 2.05) is 28.9 Å². The van der Waals surface area contributed by atoms with Crippen molar-refractivity contribution in [3.8, 4) is 17.3 Å². The molecule has 2 unspecified atom stereocenters. The maximum Gasteiger partial charge on any atom is 0.419 e. The van der Waals surface area contributed by atoms with E-state index in [0.29, 0.717) is 30.7 Å². The van der Waals surface area contributed by atoms with Crippen molar-refractivity contribution in [2.45, 2.75) is 25.0 Å². The van der Waals surface area contributed by atoms with Crippen LogP contribution in [0, 0.1) is 11.3 Å². The molecule has 1 aliphatic heterocycles. The molecule has 2 N–H and O–H groups in total. The number of ether oxygens (including phenoxy) is 1. The molecule has 0 spiro atoms. The van der Waals surface area contributed by atoms with E-state index in [0.717, 1.165) is 34.1 Å². The number of hydrogen-bond donors (Lipinski definition) is 2. The van der Waals surface area contributed by atoms with E-state index in [1.165, 1.54) is 15.9 Å². The number of carbonyl (C=O) groups excluding carboxylic acids is 1. The summed E-state index contributed by atoms with van der Waals surface area (Å²) < 4.78 is 14.1. The van der Waals surface area contributed by atoms with Crippen LogP contribution >= 0.6 is 11.3 Å². The predicted octanol–water partition coefficient (Wildman–Crippen LogP) is 1.44. The van der Waals surface area contributed by atoms with Crippen LogP contribution in [0.2, 0.25) is 0 Å². The van der Waals surface area contributed by atoms with Crippen LogP contribution in [0.5, 0.6) is 0 Å². The molecule has 10 nitrogen and oxygen atoms in total. The maximum atomic E-state index is 12.5. The summed E-state index contributed by atoms with van der Waals surface area (Å²) in [7, 11) is 1.67. The normalized spacial score (nSPS) is 17.6. The average Bonchev–Trinajstić information content (AvgIpc) is 3.35. The highest BCUT2D eigenvalue weighted by molar-refractivity contribution is 7.17. The Morgan fingerprint density at radius 1 is 1.45 bits per heavy atom. The van der Waals surface area contributed by atoms with Crippen molar-refractivity contribution in [3.63, 3.8) is 0 Å². The zero-order valence-electron chi connectivity index (χ0n) is 17.9. The second kappa shape index (κ2) is 8.82. The molecule has 11 heteroatoms. The SMILES string of the molecule is Cn1c(=O)oc2ccc(-c3cn4cc(CC(C#N)NC(=O)C5CNCCCO5)sc4n3)cc21. The first kappa shape index (κ1) is 21.4. The first-order chi connectivity index (χ1) is 16.0. The van der Waals surface area contributed by atoms with E-state index in [-0.39, 0.29) is 5.91 Å². The molecule has 4 aromatic rings. The summed E-state index contributed by atoms with van der Waals surface area (Å²) >= 11 is 1.47.